The number of hydrogen-bond donors (Lipinski definition) is 0. The number of ether oxygens (including phenoxy) is 1. The summed E-state index contributed by atoms with van der Waals surface area (Å²) >= 11 is 0. The van der Waals surface area contributed by atoms with E-state index in [4.69, 9.17) is 4.74 Å². The molecular formula is C17H16F5N3O3. The summed E-state index contributed by atoms with van der Waals surface area (Å²) in [5, 5.41) is 0. The van der Waals surface area contributed by atoms with Crippen molar-refractivity contribution in [3.63, 3.8) is 0 Å². The smallest absolute Gasteiger partial charge is 0.424 e. The molecule has 0 amide bonds. The summed E-state index contributed by atoms with van der Waals surface area (Å²) in [6.45, 7) is 4.13. The van der Waals surface area contributed by atoms with Crippen LogP contribution in [0.15, 0.2) is 18.7 Å². The highest BCUT2D eigenvalue weighted by Gasteiger charge is 2.42. The number of nitrogens with zero attached hydrogens (tertiary/aromatic N) is 3. The molecule has 2 aromatic rings. The molecule has 0 saturated carbocycles. The maximum atomic E-state index is 13.6. The molecule has 152 valence electrons. The quantitative estimate of drug-likeness (QED) is 0.554. The van der Waals surface area contributed by atoms with Gasteiger partial charge in [0.15, 0.2) is 11.4 Å². The molecule has 0 aromatic carbocycles. The van der Waals surface area contributed by atoms with Crippen LogP contribution in [0.25, 0.3) is 0 Å². The largest absolute Gasteiger partial charge is 0.434 e. The Morgan fingerprint density at radius 2 is 1.89 bits per heavy atom. The van der Waals surface area contributed by atoms with Gasteiger partial charge in [0, 0.05) is 24.9 Å². The van der Waals surface area contributed by atoms with Crippen molar-refractivity contribution in [2.75, 3.05) is 0 Å². The average Bonchev–Trinajstić information content (AvgIpc) is 3.07. The highest BCUT2D eigenvalue weighted by Crippen LogP contribution is 2.41. The zero-order valence-electron chi connectivity index (χ0n) is 15.1. The number of pyridine rings is 1. The number of carbonyl (C=O) groups excluding carboxylic acids is 2. The van der Waals surface area contributed by atoms with Crippen molar-refractivity contribution in [1.82, 2.24) is 14.5 Å². The van der Waals surface area contributed by atoms with Gasteiger partial charge < -0.3 is 4.74 Å². The molecule has 0 aliphatic rings. The zero-order chi connectivity index (χ0) is 21.2. The standard InChI is InChI=1S/C17H16F5N3O3/c1-8(2)6-10-11(16(27)25-5-4-23-7-25)14(17(20,21)22)24-12(15(18)19)13(10)28-9(3)26/h4-5,7-8,15H,6H2,1-3H3. The van der Waals surface area contributed by atoms with E-state index < -0.39 is 52.7 Å². The summed E-state index contributed by atoms with van der Waals surface area (Å²) in [5.74, 6) is -3.39. The number of carbonyl (C=O) groups is 2. The van der Waals surface area contributed by atoms with Crippen LogP contribution in [0.4, 0.5) is 22.0 Å². The minimum Gasteiger partial charge on any atom is -0.424 e. The van der Waals surface area contributed by atoms with E-state index in [1.165, 1.54) is 6.20 Å². The van der Waals surface area contributed by atoms with E-state index in [1.54, 1.807) is 13.8 Å². The van der Waals surface area contributed by atoms with Crippen LogP contribution in [-0.2, 0) is 17.4 Å². The molecule has 28 heavy (non-hydrogen) atoms. The topological polar surface area (TPSA) is 74.1 Å². The molecule has 0 aliphatic heterocycles. The fourth-order valence-corrected chi connectivity index (χ4v) is 2.59. The number of alkyl halides is 5. The van der Waals surface area contributed by atoms with Gasteiger partial charge >= 0.3 is 12.1 Å². The van der Waals surface area contributed by atoms with Gasteiger partial charge in [-0.05, 0) is 12.3 Å². The molecule has 2 aromatic heterocycles. The molecule has 2 rings (SSSR count). The van der Waals surface area contributed by atoms with Gasteiger partial charge in [0.1, 0.15) is 12.0 Å². The summed E-state index contributed by atoms with van der Waals surface area (Å²) in [6, 6.07) is 0. The van der Waals surface area contributed by atoms with Gasteiger partial charge in [0.25, 0.3) is 12.3 Å². The van der Waals surface area contributed by atoms with Crippen molar-refractivity contribution >= 4 is 11.9 Å². The van der Waals surface area contributed by atoms with Gasteiger partial charge in [0.05, 0.1) is 5.56 Å². The lowest BCUT2D eigenvalue weighted by molar-refractivity contribution is -0.141. The third-order valence-corrected chi connectivity index (χ3v) is 3.56. The van der Waals surface area contributed by atoms with E-state index >= 15 is 0 Å². The Labute approximate surface area is 156 Å². The lowest BCUT2D eigenvalue weighted by Gasteiger charge is -2.22. The Kier molecular flexibility index (Phi) is 6.15. The zero-order valence-corrected chi connectivity index (χ0v) is 15.1. The highest BCUT2D eigenvalue weighted by molar-refractivity contribution is 5.99. The average molecular weight is 405 g/mol. The second-order valence-electron chi connectivity index (χ2n) is 6.29. The first-order valence-electron chi connectivity index (χ1n) is 8.06. The van der Waals surface area contributed by atoms with Crippen molar-refractivity contribution < 1.29 is 36.3 Å². The first-order valence-corrected chi connectivity index (χ1v) is 8.06. The summed E-state index contributed by atoms with van der Waals surface area (Å²) in [6.07, 6.45) is -5.65. The SMILES string of the molecule is CC(=O)Oc1c(C(F)F)nc(C(F)(F)F)c(C(=O)n2ccnc2)c1CC(C)C. The van der Waals surface area contributed by atoms with E-state index in [0.717, 1.165) is 24.0 Å². The van der Waals surface area contributed by atoms with Crippen LogP contribution in [0.1, 0.15) is 54.5 Å². The molecule has 11 heteroatoms. The van der Waals surface area contributed by atoms with E-state index in [-0.39, 0.29) is 12.3 Å². The monoisotopic (exact) mass is 405 g/mol. The molecule has 0 unspecified atom stereocenters. The predicted octanol–water partition coefficient (Wildman–Crippen LogP) is 4.05. The molecule has 0 N–H and O–H groups in total. The fourth-order valence-electron chi connectivity index (χ4n) is 2.59. The van der Waals surface area contributed by atoms with Crippen LogP contribution in [0.3, 0.4) is 0 Å². The van der Waals surface area contributed by atoms with E-state index in [1.807, 2.05) is 0 Å². The predicted molar refractivity (Wildman–Crippen MR) is 86.0 cm³/mol. The molecule has 0 spiro atoms. The van der Waals surface area contributed by atoms with Gasteiger partial charge in [-0.2, -0.15) is 13.2 Å². The van der Waals surface area contributed by atoms with Crippen LogP contribution < -0.4 is 4.74 Å². The van der Waals surface area contributed by atoms with Gasteiger partial charge in [0.2, 0.25) is 0 Å². The number of hydrogen-bond acceptors (Lipinski definition) is 5. The summed E-state index contributed by atoms with van der Waals surface area (Å²) in [4.78, 5) is 30.7. The lowest BCUT2D eigenvalue weighted by Crippen LogP contribution is -2.25. The Morgan fingerprint density at radius 3 is 2.32 bits per heavy atom. The molecule has 0 bridgehead atoms. The molecule has 6 nitrogen and oxygen atoms in total. The fraction of sp³-hybridized carbons (Fsp3) is 0.412. The Balaban J connectivity index is 2.95. The molecule has 0 saturated heterocycles. The summed E-state index contributed by atoms with van der Waals surface area (Å²) in [7, 11) is 0. The normalized spacial score (nSPS) is 11.9. The minimum absolute atomic E-state index is 0.232. The lowest BCUT2D eigenvalue weighted by atomic mass is 9.94. The van der Waals surface area contributed by atoms with Gasteiger partial charge in [-0.15, -0.1) is 0 Å². The van der Waals surface area contributed by atoms with E-state index in [2.05, 4.69) is 9.97 Å². The van der Waals surface area contributed by atoms with Crippen molar-refractivity contribution in [2.24, 2.45) is 5.92 Å². The molecule has 0 radical (unpaired) electrons. The van der Waals surface area contributed by atoms with E-state index in [0.29, 0.717) is 0 Å². The number of rotatable bonds is 5. The number of esters is 1. The van der Waals surface area contributed by atoms with Crippen LogP contribution in [0.5, 0.6) is 5.75 Å². The maximum absolute atomic E-state index is 13.6. The van der Waals surface area contributed by atoms with Crippen LogP contribution in [0.2, 0.25) is 0 Å². The Bertz CT molecular complexity index is 877. The second-order valence-corrected chi connectivity index (χ2v) is 6.29. The Morgan fingerprint density at radius 1 is 1.25 bits per heavy atom. The van der Waals surface area contributed by atoms with Crippen molar-refractivity contribution in [3.8, 4) is 5.75 Å². The molecule has 0 fully saturated rings. The Hall–Kier alpha value is -2.85. The van der Waals surface area contributed by atoms with Crippen molar-refractivity contribution in [3.05, 3.63) is 41.2 Å². The number of imidazole rings is 1. The maximum Gasteiger partial charge on any atom is 0.434 e. The van der Waals surface area contributed by atoms with Gasteiger partial charge in [-0.25, -0.2) is 18.7 Å². The number of aromatic nitrogens is 3. The van der Waals surface area contributed by atoms with Crippen LogP contribution >= 0.6 is 0 Å². The highest BCUT2D eigenvalue weighted by atomic mass is 19.4. The second kappa shape index (κ2) is 8.03. The van der Waals surface area contributed by atoms with Gasteiger partial charge in [-0.1, -0.05) is 13.8 Å². The summed E-state index contributed by atoms with van der Waals surface area (Å²) < 4.78 is 73.3. The van der Waals surface area contributed by atoms with Crippen LogP contribution in [-0.4, -0.2) is 26.4 Å². The third-order valence-electron chi connectivity index (χ3n) is 3.56. The minimum atomic E-state index is -5.20. The first kappa shape index (κ1) is 21.5. The molecule has 0 atom stereocenters. The van der Waals surface area contributed by atoms with E-state index in [9.17, 15) is 31.5 Å². The van der Waals surface area contributed by atoms with Crippen molar-refractivity contribution in [2.45, 2.75) is 39.8 Å². The molecule has 0 aliphatic carbocycles. The van der Waals surface area contributed by atoms with Gasteiger partial charge in [-0.3, -0.25) is 14.2 Å². The summed E-state index contributed by atoms with van der Waals surface area (Å²) in [5.41, 5.74) is -4.53. The third kappa shape index (κ3) is 4.52. The van der Waals surface area contributed by atoms with Crippen molar-refractivity contribution in [1.29, 1.82) is 0 Å². The molecule has 2 heterocycles. The van der Waals surface area contributed by atoms with Crippen LogP contribution in [0, 0.1) is 5.92 Å². The molecular weight excluding hydrogens is 389 g/mol. The number of halogens is 5. The first-order chi connectivity index (χ1) is 12.9.